The van der Waals surface area contributed by atoms with E-state index in [0.717, 1.165) is 12.1 Å². The molecule has 0 aliphatic carbocycles. The molecule has 1 N–H and O–H groups in total. The first kappa shape index (κ1) is 22.9. The van der Waals surface area contributed by atoms with Gasteiger partial charge in [0, 0.05) is 17.3 Å². The van der Waals surface area contributed by atoms with Gasteiger partial charge < -0.3 is 10.1 Å². The van der Waals surface area contributed by atoms with Gasteiger partial charge in [-0.05, 0) is 55.3 Å². The summed E-state index contributed by atoms with van der Waals surface area (Å²) in [6, 6.07) is 15.0. The molecular formula is C23H25ClN4O2S. The maximum atomic E-state index is 12.6. The van der Waals surface area contributed by atoms with Crippen LogP contribution < -0.4 is 10.1 Å². The van der Waals surface area contributed by atoms with Crippen molar-refractivity contribution in [2.75, 3.05) is 5.32 Å². The molecule has 1 aromatic heterocycles. The molecule has 162 valence electrons. The number of nitrogens with one attached hydrogen (secondary N) is 1. The summed E-state index contributed by atoms with van der Waals surface area (Å²) in [5, 5.41) is 12.4. The van der Waals surface area contributed by atoms with Crippen LogP contribution in [0.25, 0.3) is 0 Å². The van der Waals surface area contributed by atoms with Gasteiger partial charge in [-0.3, -0.25) is 9.36 Å². The summed E-state index contributed by atoms with van der Waals surface area (Å²) in [6.45, 7) is 8.51. The lowest BCUT2D eigenvalue weighted by Crippen LogP contribution is -2.23. The van der Waals surface area contributed by atoms with Crippen molar-refractivity contribution < 1.29 is 9.53 Å². The number of nitrogens with zero attached hydrogens (tertiary/aromatic N) is 3. The zero-order chi connectivity index (χ0) is 22.2. The first-order valence-corrected chi connectivity index (χ1v) is 11.2. The van der Waals surface area contributed by atoms with E-state index in [1.165, 1.54) is 17.3 Å². The number of ether oxygens (including phenoxy) is 1. The molecule has 31 heavy (non-hydrogen) atoms. The highest BCUT2D eigenvalue weighted by molar-refractivity contribution is 8.00. The van der Waals surface area contributed by atoms with Gasteiger partial charge in [0.2, 0.25) is 5.91 Å². The number of hydrogen-bond acceptors (Lipinski definition) is 5. The maximum absolute atomic E-state index is 12.6. The van der Waals surface area contributed by atoms with Crippen molar-refractivity contribution in [2.45, 2.75) is 43.8 Å². The lowest BCUT2D eigenvalue weighted by molar-refractivity contribution is -0.115. The lowest BCUT2D eigenvalue weighted by Gasteiger charge is -2.13. The van der Waals surface area contributed by atoms with Crippen molar-refractivity contribution in [1.29, 1.82) is 0 Å². The van der Waals surface area contributed by atoms with Gasteiger partial charge in [0.05, 0.1) is 5.25 Å². The molecule has 0 radical (unpaired) electrons. The Morgan fingerprint density at radius 2 is 1.94 bits per heavy atom. The number of thioether (sulfide) groups is 1. The third kappa shape index (κ3) is 6.35. The highest BCUT2D eigenvalue weighted by atomic mass is 35.5. The number of carbonyl (C=O) groups is 1. The molecule has 1 amide bonds. The molecule has 0 fully saturated rings. The first-order valence-electron chi connectivity index (χ1n) is 9.98. The number of carbonyl (C=O) groups excluding carboxylic acids is 1. The number of benzene rings is 2. The summed E-state index contributed by atoms with van der Waals surface area (Å²) < 4.78 is 7.69. The number of anilines is 1. The largest absolute Gasteiger partial charge is 0.486 e. The van der Waals surface area contributed by atoms with E-state index in [1.807, 2.05) is 35.8 Å². The number of aromatic nitrogens is 3. The first-order chi connectivity index (χ1) is 15.0. The second-order valence-corrected chi connectivity index (χ2v) is 8.58. The van der Waals surface area contributed by atoms with Crippen LogP contribution in [-0.2, 0) is 24.4 Å². The van der Waals surface area contributed by atoms with Crippen LogP contribution >= 0.6 is 23.4 Å². The van der Waals surface area contributed by atoms with Crippen LogP contribution in [0.4, 0.5) is 5.69 Å². The Morgan fingerprint density at radius 3 is 2.58 bits per heavy atom. The van der Waals surface area contributed by atoms with Crippen molar-refractivity contribution in [1.82, 2.24) is 14.8 Å². The molecule has 3 aromatic rings. The summed E-state index contributed by atoms with van der Waals surface area (Å²) >= 11 is 7.25. The van der Waals surface area contributed by atoms with E-state index in [-0.39, 0.29) is 17.8 Å². The van der Waals surface area contributed by atoms with Gasteiger partial charge in [-0.1, -0.05) is 48.5 Å². The maximum Gasteiger partial charge on any atom is 0.237 e. The predicted octanol–water partition coefficient (Wildman–Crippen LogP) is 5.38. The van der Waals surface area contributed by atoms with Crippen molar-refractivity contribution >= 4 is 35.0 Å². The number of rotatable bonds is 10. The van der Waals surface area contributed by atoms with Crippen LogP contribution in [-0.4, -0.2) is 25.9 Å². The van der Waals surface area contributed by atoms with Gasteiger partial charge in [-0.2, -0.15) is 0 Å². The number of amides is 1. The van der Waals surface area contributed by atoms with E-state index in [1.54, 1.807) is 30.3 Å². The number of halogens is 1. The van der Waals surface area contributed by atoms with Gasteiger partial charge >= 0.3 is 0 Å². The Morgan fingerprint density at radius 1 is 1.23 bits per heavy atom. The average Bonchev–Trinajstić information content (AvgIpc) is 3.15. The fourth-order valence-corrected chi connectivity index (χ4v) is 3.79. The fraction of sp³-hybridized carbons (Fsp3) is 0.261. The summed E-state index contributed by atoms with van der Waals surface area (Å²) in [6.07, 6.45) is 2.72. The third-order valence-electron chi connectivity index (χ3n) is 4.57. The molecule has 1 heterocycles. The Bertz CT molecular complexity index is 1020. The van der Waals surface area contributed by atoms with E-state index in [9.17, 15) is 4.79 Å². The van der Waals surface area contributed by atoms with Crippen molar-refractivity contribution in [3.8, 4) is 5.75 Å². The van der Waals surface area contributed by atoms with E-state index in [0.29, 0.717) is 28.3 Å². The highest BCUT2D eigenvalue weighted by Gasteiger charge is 2.20. The molecule has 0 aliphatic heterocycles. The Balaban J connectivity index is 1.64. The summed E-state index contributed by atoms with van der Waals surface area (Å²) in [4.78, 5) is 12.6. The molecule has 1 atom stereocenters. The summed E-state index contributed by atoms with van der Waals surface area (Å²) in [5.41, 5.74) is 2.01. The SMILES string of the molecule is C=CCn1c(COc2ccc(Cl)cc2)nnc1SC(C)C(=O)Nc1ccc(CC)cc1. The van der Waals surface area contributed by atoms with Gasteiger partial charge in [0.15, 0.2) is 11.0 Å². The summed E-state index contributed by atoms with van der Waals surface area (Å²) in [7, 11) is 0. The van der Waals surface area contributed by atoms with Crippen molar-refractivity contribution in [2.24, 2.45) is 0 Å². The monoisotopic (exact) mass is 456 g/mol. The Labute approximate surface area is 191 Å². The molecule has 6 nitrogen and oxygen atoms in total. The van der Waals surface area contributed by atoms with Crippen LogP contribution in [0.1, 0.15) is 25.2 Å². The van der Waals surface area contributed by atoms with Gasteiger partial charge in [0.25, 0.3) is 0 Å². The summed E-state index contributed by atoms with van der Waals surface area (Å²) in [5.74, 6) is 1.25. The normalized spacial score (nSPS) is 11.7. The predicted molar refractivity (Wildman–Crippen MR) is 126 cm³/mol. The second kappa shape index (κ2) is 11.0. The van der Waals surface area contributed by atoms with Crippen LogP contribution in [0.2, 0.25) is 5.02 Å². The molecule has 3 rings (SSSR count). The van der Waals surface area contributed by atoms with Crippen molar-refractivity contribution in [3.05, 3.63) is 77.6 Å². The smallest absolute Gasteiger partial charge is 0.237 e. The number of hydrogen-bond donors (Lipinski definition) is 1. The minimum Gasteiger partial charge on any atom is -0.486 e. The highest BCUT2D eigenvalue weighted by Crippen LogP contribution is 2.25. The molecule has 8 heteroatoms. The lowest BCUT2D eigenvalue weighted by atomic mass is 10.1. The van der Waals surface area contributed by atoms with Gasteiger partial charge in [-0.15, -0.1) is 16.8 Å². The molecule has 0 saturated heterocycles. The molecular weight excluding hydrogens is 432 g/mol. The second-order valence-electron chi connectivity index (χ2n) is 6.84. The van der Waals surface area contributed by atoms with Crippen LogP contribution in [0.15, 0.2) is 66.3 Å². The van der Waals surface area contributed by atoms with Crippen LogP contribution in [0.5, 0.6) is 5.75 Å². The Kier molecular flexibility index (Phi) is 8.14. The Hall–Kier alpha value is -2.77. The molecule has 0 spiro atoms. The van der Waals surface area contributed by atoms with Crippen LogP contribution in [0, 0.1) is 0 Å². The zero-order valence-corrected chi connectivity index (χ0v) is 19.1. The van der Waals surface area contributed by atoms with E-state index < -0.39 is 0 Å². The van der Waals surface area contributed by atoms with Gasteiger partial charge in [-0.25, -0.2) is 0 Å². The minimum absolute atomic E-state index is 0.0960. The topological polar surface area (TPSA) is 69.0 Å². The van der Waals surface area contributed by atoms with Gasteiger partial charge in [0.1, 0.15) is 12.4 Å². The zero-order valence-electron chi connectivity index (χ0n) is 17.5. The average molecular weight is 457 g/mol. The standard InChI is InChI=1S/C23H25ClN4O2S/c1-4-14-28-21(15-30-20-12-8-18(24)9-13-20)26-27-23(28)31-16(3)22(29)25-19-10-6-17(5-2)7-11-19/h4,6-13,16H,1,5,14-15H2,2-3H3,(H,25,29). The fourth-order valence-electron chi connectivity index (χ4n) is 2.78. The molecule has 2 aromatic carbocycles. The number of allylic oxidation sites excluding steroid dienone is 1. The minimum atomic E-state index is -0.358. The molecule has 0 aliphatic rings. The van der Waals surface area contributed by atoms with Crippen LogP contribution in [0.3, 0.4) is 0 Å². The molecule has 0 saturated carbocycles. The van der Waals surface area contributed by atoms with E-state index >= 15 is 0 Å². The molecule has 0 bridgehead atoms. The quantitative estimate of drug-likeness (QED) is 0.327. The van der Waals surface area contributed by atoms with Crippen molar-refractivity contribution in [3.63, 3.8) is 0 Å². The third-order valence-corrected chi connectivity index (χ3v) is 5.90. The van der Waals surface area contributed by atoms with E-state index in [2.05, 4.69) is 29.0 Å². The number of aryl methyl sites for hydroxylation is 1. The van der Waals surface area contributed by atoms with E-state index in [4.69, 9.17) is 16.3 Å². The molecule has 1 unspecified atom stereocenters.